The third kappa shape index (κ3) is 6.89. The molecule has 0 bridgehead atoms. The van der Waals surface area contributed by atoms with Crippen molar-refractivity contribution >= 4 is 34.2 Å². The van der Waals surface area contributed by atoms with Crippen molar-refractivity contribution in [3.05, 3.63) is 5.01 Å². The summed E-state index contributed by atoms with van der Waals surface area (Å²) in [6.07, 6.45) is 3.64. The number of amides is 3. The van der Waals surface area contributed by atoms with E-state index in [0.29, 0.717) is 18.2 Å². The molecule has 27 heavy (non-hydrogen) atoms. The van der Waals surface area contributed by atoms with Crippen LogP contribution in [-0.2, 0) is 20.8 Å². The zero-order chi connectivity index (χ0) is 19.8. The van der Waals surface area contributed by atoms with Crippen molar-refractivity contribution in [2.75, 3.05) is 18.4 Å². The van der Waals surface area contributed by atoms with Crippen LogP contribution >= 0.6 is 11.3 Å². The number of nitrogens with zero attached hydrogens (tertiary/aromatic N) is 3. The number of carbonyl (C=O) groups is 3. The maximum atomic E-state index is 12.4. The Kier molecular flexibility index (Phi) is 8.15. The molecule has 0 aromatic carbocycles. The Labute approximate surface area is 164 Å². The molecule has 2 rings (SSSR count). The summed E-state index contributed by atoms with van der Waals surface area (Å²) in [5.74, 6) is -0.499. The van der Waals surface area contributed by atoms with E-state index < -0.39 is 0 Å². The van der Waals surface area contributed by atoms with Gasteiger partial charge in [0.2, 0.25) is 22.9 Å². The molecule has 1 aliphatic rings. The fraction of sp³-hybridized carbons (Fsp3) is 0.722. The summed E-state index contributed by atoms with van der Waals surface area (Å²) in [6.45, 7) is 6.97. The molecule has 1 saturated heterocycles. The van der Waals surface area contributed by atoms with Crippen molar-refractivity contribution in [1.82, 2.24) is 20.4 Å². The number of hydrogen-bond acceptors (Lipinski definition) is 6. The molecule has 0 radical (unpaired) electrons. The van der Waals surface area contributed by atoms with Crippen molar-refractivity contribution in [1.29, 1.82) is 0 Å². The Morgan fingerprint density at radius 1 is 1.26 bits per heavy atom. The van der Waals surface area contributed by atoms with E-state index in [1.807, 2.05) is 13.8 Å². The van der Waals surface area contributed by atoms with Crippen LogP contribution in [0.15, 0.2) is 0 Å². The summed E-state index contributed by atoms with van der Waals surface area (Å²) in [5.41, 5.74) is 0. The minimum Gasteiger partial charge on any atom is -0.354 e. The number of carbonyl (C=O) groups excluding carboxylic acids is 3. The van der Waals surface area contributed by atoms with Crippen LogP contribution in [0.2, 0.25) is 0 Å². The lowest BCUT2D eigenvalue weighted by atomic mass is 9.96. The van der Waals surface area contributed by atoms with Gasteiger partial charge >= 0.3 is 0 Å². The van der Waals surface area contributed by atoms with E-state index >= 15 is 0 Å². The average Bonchev–Trinajstić information content (AvgIpc) is 3.06. The normalized spacial score (nSPS) is 17.0. The van der Waals surface area contributed by atoms with Gasteiger partial charge in [0.1, 0.15) is 5.01 Å². The topological polar surface area (TPSA) is 104 Å². The van der Waals surface area contributed by atoms with E-state index in [0.717, 1.165) is 30.7 Å². The van der Waals surface area contributed by atoms with Gasteiger partial charge in [0.25, 0.3) is 0 Å². The van der Waals surface area contributed by atoms with Crippen LogP contribution in [0.1, 0.15) is 57.9 Å². The Hall–Kier alpha value is -2.03. The Balaban J connectivity index is 1.76. The number of nitrogens with one attached hydrogen (secondary N) is 2. The van der Waals surface area contributed by atoms with Crippen LogP contribution in [0.3, 0.4) is 0 Å². The minimum absolute atomic E-state index is 0.000559. The largest absolute Gasteiger partial charge is 0.354 e. The molecule has 0 aliphatic carbocycles. The predicted molar refractivity (Wildman–Crippen MR) is 104 cm³/mol. The first-order valence-electron chi connectivity index (χ1n) is 9.59. The Morgan fingerprint density at radius 3 is 2.74 bits per heavy atom. The lowest BCUT2D eigenvalue weighted by Gasteiger charge is -2.32. The summed E-state index contributed by atoms with van der Waals surface area (Å²) < 4.78 is 0. The average molecular weight is 396 g/mol. The highest BCUT2D eigenvalue weighted by Crippen LogP contribution is 2.19. The van der Waals surface area contributed by atoms with Gasteiger partial charge in [-0.05, 0) is 33.1 Å². The summed E-state index contributed by atoms with van der Waals surface area (Å²) in [4.78, 5) is 38.3. The molecule has 0 saturated carbocycles. The van der Waals surface area contributed by atoms with Crippen molar-refractivity contribution in [2.45, 2.75) is 65.3 Å². The van der Waals surface area contributed by atoms with E-state index in [1.54, 1.807) is 4.90 Å². The summed E-state index contributed by atoms with van der Waals surface area (Å²) in [6, 6.07) is 0.0884. The van der Waals surface area contributed by atoms with Crippen molar-refractivity contribution in [2.24, 2.45) is 5.92 Å². The second-order valence-electron chi connectivity index (χ2n) is 7.14. The van der Waals surface area contributed by atoms with Gasteiger partial charge < -0.3 is 15.5 Å². The van der Waals surface area contributed by atoms with Crippen molar-refractivity contribution in [3.8, 4) is 0 Å². The molecule has 1 fully saturated rings. The van der Waals surface area contributed by atoms with Gasteiger partial charge in [-0.3, -0.25) is 14.4 Å². The number of likely N-dealkylation sites (tertiary alicyclic amines) is 1. The lowest BCUT2D eigenvalue weighted by molar-refractivity contribution is -0.137. The SMILES string of the molecule is CCCc1nnc(NC(=O)CCC(=O)N2CCCC(C(=O)NC(C)C)C2)s1. The Morgan fingerprint density at radius 2 is 2.04 bits per heavy atom. The van der Waals surface area contributed by atoms with Gasteiger partial charge in [-0.2, -0.15) is 0 Å². The fourth-order valence-electron chi connectivity index (χ4n) is 3.00. The van der Waals surface area contributed by atoms with Gasteiger partial charge in [-0.25, -0.2) is 0 Å². The number of anilines is 1. The molecule has 3 amide bonds. The van der Waals surface area contributed by atoms with E-state index in [-0.39, 0.29) is 42.5 Å². The molecular formula is C18H29N5O3S. The maximum absolute atomic E-state index is 12.4. The number of aromatic nitrogens is 2. The van der Waals surface area contributed by atoms with E-state index in [9.17, 15) is 14.4 Å². The first-order valence-corrected chi connectivity index (χ1v) is 10.4. The third-order valence-corrected chi connectivity index (χ3v) is 5.22. The molecule has 2 heterocycles. The maximum Gasteiger partial charge on any atom is 0.226 e. The molecule has 1 aromatic rings. The molecule has 1 aliphatic heterocycles. The minimum atomic E-state index is -0.242. The van der Waals surface area contributed by atoms with Crippen LogP contribution in [-0.4, -0.2) is 52.0 Å². The quantitative estimate of drug-likeness (QED) is 0.700. The van der Waals surface area contributed by atoms with Crippen molar-refractivity contribution < 1.29 is 14.4 Å². The number of hydrogen-bond donors (Lipinski definition) is 2. The molecule has 1 aromatic heterocycles. The highest BCUT2D eigenvalue weighted by Gasteiger charge is 2.28. The van der Waals surface area contributed by atoms with Gasteiger partial charge in [-0.1, -0.05) is 18.3 Å². The first kappa shape index (κ1) is 21.3. The molecule has 150 valence electrons. The summed E-state index contributed by atoms with van der Waals surface area (Å²) in [5, 5.41) is 14.9. The van der Waals surface area contributed by atoms with Gasteiger partial charge in [0.05, 0.1) is 5.92 Å². The molecule has 9 heteroatoms. The van der Waals surface area contributed by atoms with Crippen LogP contribution in [0.4, 0.5) is 5.13 Å². The standard InChI is InChI=1S/C18H29N5O3S/c1-4-6-15-21-22-18(27-15)20-14(24)8-9-16(25)23-10-5-7-13(11-23)17(26)19-12(2)3/h12-13H,4-11H2,1-3H3,(H,19,26)(H,20,22,24). The lowest BCUT2D eigenvalue weighted by Crippen LogP contribution is -2.46. The Bertz CT molecular complexity index is 661. The van der Waals surface area contributed by atoms with E-state index in [4.69, 9.17) is 0 Å². The molecule has 1 unspecified atom stereocenters. The van der Waals surface area contributed by atoms with Gasteiger partial charge in [0, 0.05) is 38.4 Å². The fourth-order valence-corrected chi connectivity index (χ4v) is 3.86. The number of aryl methyl sites for hydroxylation is 1. The zero-order valence-corrected chi connectivity index (χ0v) is 17.1. The zero-order valence-electron chi connectivity index (χ0n) is 16.3. The number of piperidine rings is 1. The van der Waals surface area contributed by atoms with Crippen LogP contribution in [0.25, 0.3) is 0 Å². The second kappa shape index (κ2) is 10.3. The molecule has 1 atom stereocenters. The molecular weight excluding hydrogens is 366 g/mol. The van der Waals surface area contributed by atoms with E-state index in [2.05, 4.69) is 27.8 Å². The van der Waals surface area contributed by atoms with Crippen LogP contribution in [0.5, 0.6) is 0 Å². The smallest absolute Gasteiger partial charge is 0.226 e. The predicted octanol–water partition coefficient (Wildman–Crippen LogP) is 1.97. The third-order valence-electron chi connectivity index (χ3n) is 4.32. The van der Waals surface area contributed by atoms with Crippen molar-refractivity contribution in [3.63, 3.8) is 0 Å². The molecule has 2 N–H and O–H groups in total. The number of rotatable bonds is 8. The van der Waals surface area contributed by atoms with Crippen LogP contribution < -0.4 is 10.6 Å². The summed E-state index contributed by atoms with van der Waals surface area (Å²) >= 11 is 1.36. The van der Waals surface area contributed by atoms with Crippen LogP contribution in [0, 0.1) is 5.92 Å². The highest BCUT2D eigenvalue weighted by atomic mass is 32.1. The monoisotopic (exact) mass is 395 g/mol. The molecule has 8 nitrogen and oxygen atoms in total. The van der Waals surface area contributed by atoms with Gasteiger partial charge in [0.15, 0.2) is 0 Å². The molecule has 0 spiro atoms. The highest BCUT2D eigenvalue weighted by molar-refractivity contribution is 7.15. The summed E-state index contributed by atoms with van der Waals surface area (Å²) in [7, 11) is 0. The van der Waals surface area contributed by atoms with E-state index in [1.165, 1.54) is 11.3 Å². The van der Waals surface area contributed by atoms with Gasteiger partial charge in [-0.15, -0.1) is 10.2 Å². The second-order valence-corrected chi connectivity index (χ2v) is 8.20. The first-order chi connectivity index (χ1) is 12.9.